The molecule has 0 saturated carbocycles. The summed E-state index contributed by atoms with van der Waals surface area (Å²) in [4.78, 5) is 14.0. The lowest BCUT2D eigenvalue weighted by molar-refractivity contribution is -0.137. The first-order valence-corrected chi connectivity index (χ1v) is 5.89. The van der Waals surface area contributed by atoms with Crippen LogP contribution in [-0.4, -0.2) is 35.1 Å². The van der Waals surface area contributed by atoms with Gasteiger partial charge in [0, 0.05) is 19.0 Å². The van der Waals surface area contributed by atoms with Crippen molar-refractivity contribution < 1.29 is 9.90 Å². The molecule has 0 bridgehead atoms. The van der Waals surface area contributed by atoms with E-state index in [2.05, 4.69) is 12.2 Å². The van der Waals surface area contributed by atoms with Crippen LogP contribution in [0.15, 0.2) is 12.2 Å². The van der Waals surface area contributed by atoms with Crippen LogP contribution in [0.5, 0.6) is 0 Å². The number of carbonyl (C=O) groups is 1. The van der Waals surface area contributed by atoms with Crippen LogP contribution in [0.4, 0.5) is 0 Å². The van der Waals surface area contributed by atoms with Crippen LogP contribution in [-0.2, 0) is 4.79 Å². The van der Waals surface area contributed by atoms with Crippen molar-refractivity contribution in [3.8, 4) is 0 Å². The van der Waals surface area contributed by atoms with Gasteiger partial charge >= 0.3 is 0 Å². The van der Waals surface area contributed by atoms with Crippen molar-refractivity contribution in [3.05, 3.63) is 12.2 Å². The molecule has 3 heteroatoms. The SMILES string of the molecule is O=C(C1CC=CCC1)N1CCC(O)CC1. The number of likely N-dealkylation sites (tertiary alicyclic amines) is 1. The quantitative estimate of drug-likeness (QED) is 0.662. The van der Waals surface area contributed by atoms with Crippen molar-refractivity contribution in [2.45, 2.75) is 38.2 Å². The number of aliphatic hydroxyl groups is 1. The van der Waals surface area contributed by atoms with E-state index in [0.717, 1.165) is 45.2 Å². The van der Waals surface area contributed by atoms with E-state index in [1.807, 2.05) is 4.90 Å². The highest BCUT2D eigenvalue weighted by Gasteiger charge is 2.27. The van der Waals surface area contributed by atoms with E-state index in [9.17, 15) is 9.90 Å². The van der Waals surface area contributed by atoms with Gasteiger partial charge < -0.3 is 10.0 Å². The van der Waals surface area contributed by atoms with Crippen LogP contribution in [0.3, 0.4) is 0 Å². The fourth-order valence-corrected chi connectivity index (χ4v) is 2.36. The van der Waals surface area contributed by atoms with Gasteiger partial charge in [0.15, 0.2) is 0 Å². The second-order valence-electron chi connectivity index (χ2n) is 4.54. The zero-order chi connectivity index (χ0) is 10.7. The molecule has 1 unspecified atom stereocenters. The van der Waals surface area contributed by atoms with Crippen LogP contribution >= 0.6 is 0 Å². The largest absolute Gasteiger partial charge is 0.393 e. The Morgan fingerprint density at radius 1 is 1.20 bits per heavy atom. The highest BCUT2D eigenvalue weighted by Crippen LogP contribution is 2.22. The minimum Gasteiger partial charge on any atom is -0.393 e. The van der Waals surface area contributed by atoms with Gasteiger partial charge in [-0.15, -0.1) is 0 Å². The molecular weight excluding hydrogens is 190 g/mol. The Morgan fingerprint density at radius 3 is 2.53 bits per heavy atom. The molecule has 0 radical (unpaired) electrons. The summed E-state index contributed by atoms with van der Waals surface area (Å²) in [6.07, 6.45) is 8.50. The molecule has 1 saturated heterocycles. The van der Waals surface area contributed by atoms with E-state index in [1.54, 1.807) is 0 Å². The van der Waals surface area contributed by atoms with Crippen LogP contribution in [0, 0.1) is 5.92 Å². The van der Waals surface area contributed by atoms with Crippen molar-refractivity contribution in [1.29, 1.82) is 0 Å². The average Bonchev–Trinajstić information content (AvgIpc) is 2.30. The minimum absolute atomic E-state index is 0.194. The second kappa shape index (κ2) is 4.79. The molecule has 1 heterocycles. The molecule has 0 aromatic heterocycles. The molecule has 1 aliphatic carbocycles. The van der Waals surface area contributed by atoms with E-state index in [0.29, 0.717) is 5.91 Å². The lowest BCUT2D eigenvalue weighted by atomic mass is 9.92. The number of carbonyl (C=O) groups excluding carboxylic acids is 1. The third-order valence-electron chi connectivity index (χ3n) is 3.39. The molecule has 1 atom stereocenters. The van der Waals surface area contributed by atoms with E-state index >= 15 is 0 Å². The lowest BCUT2D eigenvalue weighted by Gasteiger charge is -2.32. The number of rotatable bonds is 1. The van der Waals surface area contributed by atoms with Gasteiger partial charge in [-0.2, -0.15) is 0 Å². The van der Waals surface area contributed by atoms with E-state index in [4.69, 9.17) is 0 Å². The Morgan fingerprint density at radius 2 is 1.93 bits per heavy atom. The molecule has 1 fully saturated rings. The zero-order valence-corrected chi connectivity index (χ0v) is 9.06. The molecule has 84 valence electrons. The molecule has 0 aromatic carbocycles. The van der Waals surface area contributed by atoms with Gasteiger partial charge in [-0.1, -0.05) is 12.2 Å². The Balaban J connectivity index is 1.87. The first-order chi connectivity index (χ1) is 7.27. The molecule has 1 aliphatic heterocycles. The number of aliphatic hydroxyl groups excluding tert-OH is 1. The topological polar surface area (TPSA) is 40.5 Å². The van der Waals surface area contributed by atoms with Gasteiger partial charge in [-0.25, -0.2) is 0 Å². The second-order valence-corrected chi connectivity index (χ2v) is 4.54. The number of hydrogen-bond donors (Lipinski definition) is 1. The summed E-state index contributed by atoms with van der Waals surface area (Å²) >= 11 is 0. The molecule has 0 spiro atoms. The fraction of sp³-hybridized carbons (Fsp3) is 0.750. The average molecular weight is 209 g/mol. The molecule has 3 nitrogen and oxygen atoms in total. The maximum atomic E-state index is 12.1. The van der Waals surface area contributed by atoms with Crippen molar-refractivity contribution in [1.82, 2.24) is 4.90 Å². The summed E-state index contributed by atoms with van der Waals surface area (Å²) in [5.41, 5.74) is 0. The van der Waals surface area contributed by atoms with Crippen LogP contribution in [0.25, 0.3) is 0 Å². The maximum Gasteiger partial charge on any atom is 0.226 e. The Bertz CT molecular complexity index is 254. The van der Waals surface area contributed by atoms with Gasteiger partial charge in [-0.05, 0) is 32.1 Å². The summed E-state index contributed by atoms with van der Waals surface area (Å²) in [7, 11) is 0. The van der Waals surface area contributed by atoms with Crippen LogP contribution in [0.2, 0.25) is 0 Å². The summed E-state index contributed by atoms with van der Waals surface area (Å²) in [5.74, 6) is 0.497. The zero-order valence-electron chi connectivity index (χ0n) is 9.06. The third kappa shape index (κ3) is 2.59. The van der Waals surface area contributed by atoms with Gasteiger partial charge in [-0.3, -0.25) is 4.79 Å². The molecule has 1 amide bonds. The summed E-state index contributed by atoms with van der Waals surface area (Å²) in [5, 5.41) is 9.37. The van der Waals surface area contributed by atoms with Gasteiger partial charge in [0.2, 0.25) is 5.91 Å². The minimum atomic E-state index is -0.194. The van der Waals surface area contributed by atoms with Gasteiger partial charge in [0.1, 0.15) is 0 Å². The van der Waals surface area contributed by atoms with Gasteiger partial charge in [0.05, 0.1) is 6.10 Å². The first kappa shape index (κ1) is 10.7. The number of piperidine rings is 1. The number of hydrogen-bond acceptors (Lipinski definition) is 2. The first-order valence-electron chi connectivity index (χ1n) is 5.89. The third-order valence-corrected chi connectivity index (χ3v) is 3.39. The monoisotopic (exact) mass is 209 g/mol. The van der Waals surface area contributed by atoms with Crippen molar-refractivity contribution in [2.24, 2.45) is 5.92 Å². The molecular formula is C12H19NO2. The Hall–Kier alpha value is -0.830. The molecule has 2 aliphatic rings. The number of amides is 1. The number of nitrogens with zero attached hydrogens (tertiary/aromatic N) is 1. The maximum absolute atomic E-state index is 12.1. The molecule has 1 N–H and O–H groups in total. The highest BCUT2D eigenvalue weighted by atomic mass is 16.3. The predicted molar refractivity (Wildman–Crippen MR) is 58.3 cm³/mol. The van der Waals surface area contributed by atoms with Crippen molar-refractivity contribution in [3.63, 3.8) is 0 Å². The van der Waals surface area contributed by atoms with Crippen LogP contribution in [0.1, 0.15) is 32.1 Å². The van der Waals surface area contributed by atoms with Crippen molar-refractivity contribution in [2.75, 3.05) is 13.1 Å². The molecule has 2 rings (SSSR count). The highest BCUT2D eigenvalue weighted by molar-refractivity contribution is 5.79. The molecule has 15 heavy (non-hydrogen) atoms. The van der Waals surface area contributed by atoms with E-state index in [1.165, 1.54) is 0 Å². The fourth-order valence-electron chi connectivity index (χ4n) is 2.36. The Labute approximate surface area is 90.8 Å². The summed E-state index contributed by atoms with van der Waals surface area (Å²) < 4.78 is 0. The predicted octanol–water partition coefficient (Wildman–Crippen LogP) is 1.33. The lowest BCUT2D eigenvalue weighted by Crippen LogP contribution is -2.43. The summed E-state index contributed by atoms with van der Waals surface area (Å²) in [6.45, 7) is 1.47. The van der Waals surface area contributed by atoms with Crippen LogP contribution < -0.4 is 0 Å². The number of allylic oxidation sites excluding steroid dienone is 2. The standard InChI is InChI=1S/C12H19NO2/c14-11-6-8-13(9-7-11)12(15)10-4-2-1-3-5-10/h1-2,10-11,14H,3-9H2. The normalized spacial score (nSPS) is 28.1. The molecule has 0 aromatic rings. The summed E-state index contributed by atoms with van der Waals surface area (Å²) in [6, 6.07) is 0. The van der Waals surface area contributed by atoms with E-state index < -0.39 is 0 Å². The van der Waals surface area contributed by atoms with E-state index in [-0.39, 0.29) is 12.0 Å². The Kier molecular flexibility index (Phi) is 3.41. The van der Waals surface area contributed by atoms with Crippen molar-refractivity contribution >= 4 is 5.91 Å². The smallest absolute Gasteiger partial charge is 0.226 e. The van der Waals surface area contributed by atoms with Gasteiger partial charge in [0.25, 0.3) is 0 Å².